The van der Waals surface area contributed by atoms with Gasteiger partial charge < -0.3 is 15.0 Å². The summed E-state index contributed by atoms with van der Waals surface area (Å²) in [5.74, 6) is -0.0558. The number of hydrogen-bond donors (Lipinski definition) is 1. The molecule has 1 unspecified atom stereocenters. The van der Waals surface area contributed by atoms with Crippen LogP contribution in [0.25, 0.3) is 0 Å². The van der Waals surface area contributed by atoms with Gasteiger partial charge in [-0.15, -0.1) is 0 Å². The maximum Gasteiger partial charge on any atom is 0.253 e. The predicted molar refractivity (Wildman–Crippen MR) is 99.9 cm³/mol. The summed E-state index contributed by atoms with van der Waals surface area (Å²) in [5.41, 5.74) is 1.43. The Bertz CT molecular complexity index is 790. The quantitative estimate of drug-likeness (QED) is 0.880. The maximum atomic E-state index is 13.0. The Kier molecular flexibility index (Phi) is 6.06. The lowest BCUT2D eigenvalue weighted by molar-refractivity contribution is -0.126. The monoisotopic (exact) mass is 370 g/mol. The molecule has 2 aromatic carbocycles. The van der Waals surface area contributed by atoms with E-state index in [2.05, 4.69) is 5.32 Å². The van der Waals surface area contributed by atoms with Gasteiger partial charge in [0.15, 0.2) is 0 Å². The van der Waals surface area contributed by atoms with Crippen LogP contribution in [-0.4, -0.2) is 36.9 Å². The van der Waals surface area contributed by atoms with Crippen molar-refractivity contribution in [2.75, 3.05) is 20.2 Å². The number of rotatable bonds is 5. The summed E-state index contributed by atoms with van der Waals surface area (Å²) in [6.45, 7) is 1.42. The van der Waals surface area contributed by atoms with Crippen molar-refractivity contribution in [2.24, 2.45) is 5.92 Å². The van der Waals surface area contributed by atoms with Crippen molar-refractivity contribution >= 4 is 11.8 Å². The van der Waals surface area contributed by atoms with Crippen molar-refractivity contribution in [1.82, 2.24) is 10.2 Å². The number of likely N-dealkylation sites (tertiary alicyclic amines) is 1. The molecular weight excluding hydrogens is 347 g/mol. The summed E-state index contributed by atoms with van der Waals surface area (Å²) >= 11 is 0. The Hall–Kier alpha value is -2.89. The number of hydrogen-bond acceptors (Lipinski definition) is 3. The largest absolute Gasteiger partial charge is 0.497 e. The lowest BCUT2D eigenvalue weighted by Crippen LogP contribution is -2.45. The highest BCUT2D eigenvalue weighted by atomic mass is 19.1. The second-order valence-electron chi connectivity index (χ2n) is 6.66. The van der Waals surface area contributed by atoms with E-state index < -0.39 is 0 Å². The molecule has 0 aromatic heterocycles. The second kappa shape index (κ2) is 8.66. The predicted octanol–water partition coefficient (Wildman–Crippen LogP) is 3.00. The van der Waals surface area contributed by atoms with E-state index in [9.17, 15) is 14.0 Å². The summed E-state index contributed by atoms with van der Waals surface area (Å²) in [6, 6.07) is 13.0. The minimum absolute atomic E-state index is 0.0533. The minimum atomic E-state index is -0.374. The van der Waals surface area contributed by atoms with Crippen LogP contribution in [0.5, 0.6) is 5.75 Å². The van der Waals surface area contributed by atoms with Crippen LogP contribution in [0.15, 0.2) is 48.5 Å². The number of carbonyl (C=O) groups is 2. The molecule has 1 saturated heterocycles. The van der Waals surface area contributed by atoms with Crippen molar-refractivity contribution < 1.29 is 18.7 Å². The van der Waals surface area contributed by atoms with Gasteiger partial charge in [0.1, 0.15) is 11.6 Å². The average molecular weight is 370 g/mol. The molecule has 0 saturated carbocycles. The van der Waals surface area contributed by atoms with Crippen molar-refractivity contribution in [3.8, 4) is 5.75 Å². The van der Waals surface area contributed by atoms with Crippen LogP contribution in [-0.2, 0) is 11.3 Å². The molecule has 1 fully saturated rings. The highest BCUT2D eigenvalue weighted by molar-refractivity contribution is 5.94. The Morgan fingerprint density at radius 3 is 2.52 bits per heavy atom. The summed E-state index contributed by atoms with van der Waals surface area (Å²) < 4.78 is 18.2. The molecule has 142 valence electrons. The number of carbonyl (C=O) groups excluding carboxylic acids is 2. The SMILES string of the molecule is COc1ccc(CNC(=O)C2CCCN(C(=O)c3ccc(F)cc3)C2)cc1. The molecule has 0 spiro atoms. The van der Waals surface area contributed by atoms with Crippen LogP contribution in [0.2, 0.25) is 0 Å². The van der Waals surface area contributed by atoms with Crippen LogP contribution < -0.4 is 10.1 Å². The van der Waals surface area contributed by atoms with Gasteiger partial charge in [0.2, 0.25) is 5.91 Å². The lowest BCUT2D eigenvalue weighted by Gasteiger charge is -2.32. The van der Waals surface area contributed by atoms with E-state index in [1.54, 1.807) is 12.0 Å². The highest BCUT2D eigenvalue weighted by Gasteiger charge is 2.28. The first kappa shape index (κ1) is 18.9. The summed E-state index contributed by atoms with van der Waals surface area (Å²) in [6.07, 6.45) is 1.52. The molecular formula is C21H23FN2O3. The summed E-state index contributed by atoms with van der Waals surface area (Å²) in [5, 5.41) is 2.95. The van der Waals surface area contributed by atoms with Crippen LogP contribution >= 0.6 is 0 Å². The molecule has 1 aliphatic rings. The molecule has 0 radical (unpaired) electrons. The molecule has 27 heavy (non-hydrogen) atoms. The summed E-state index contributed by atoms with van der Waals surface area (Å²) in [4.78, 5) is 26.8. The van der Waals surface area contributed by atoms with Gasteiger partial charge in [-0.3, -0.25) is 9.59 Å². The minimum Gasteiger partial charge on any atom is -0.497 e. The highest BCUT2D eigenvalue weighted by Crippen LogP contribution is 2.19. The fourth-order valence-electron chi connectivity index (χ4n) is 3.23. The number of methoxy groups -OCH3 is 1. The number of nitrogens with one attached hydrogen (secondary N) is 1. The molecule has 1 heterocycles. The van der Waals surface area contributed by atoms with Crippen molar-refractivity contribution in [2.45, 2.75) is 19.4 Å². The normalized spacial score (nSPS) is 16.7. The average Bonchev–Trinajstić information content (AvgIpc) is 2.72. The van der Waals surface area contributed by atoms with E-state index in [0.717, 1.165) is 24.2 Å². The number of piperidine rings is 1. The van der Waals surface area contributed by atoms with Crippen molar-refractivity contribution in [3.63, 3.8) is 0 Å². The molecule has 0 bridgehead atoms. The first-order valence-electron chi connectivity index (χ1n) is 9.02. The first-order valence-corrected chi connectivity index (χ1v) is 9.02. The first-order chi connectivity index (χ1) is 13.1. The van der Waals surface area contributed by atoms with Gasteiger partial charge in [0.05, 0.1) is 13.0 Å². The Morgan fingerprint density at radius 2 is 1.85 bits per heavy atom. The van der Waals surface area contributed by atoms with Crippen LogP contribution in [0.4, 0.5) is 4.39 Å². The molecule has 6 heteroatoms. The molecule has 1 aliphatic heterocycles. The van der Waals surface area contributed by atoms with E-state index in [1.807, 2.05) is 24.3 Å². The van der Waals surface area contributed by atoms with Crippen LogP contribution in [0, 0.1) is 11.7 Å². The molecule has 1 atom stereocenters. The number of benzene rings is 2. The van der Waals surface area contributed by atoms with Crippen molar-refractivity contribution in [3.05, 3.63) is 65.5 Å². The smallest absolute Gasteiger partial charge is 0.253 e. The lowest BCUT2D eigenvalue weighted by atomic mass is 9.96. The van der Waals surface area contributed by atoms with E-state index in [1.165, 1.54) is 24.3 Å². The Morgan fingerprint density at radius 1 is 1.15 bits per heavy atom. The zero-order valence-electron chi connectivity index (χ0n) is 15.3. The van der Waals surface area contributed by atoms with E-state index in [-0.39, 0.29) is 23.5 Å². The van der Waals surface area contributed by atoms with E-state index in [0.29, 0.717) is 25.2 Å². The third kappa shape index (κ3) is 4.84. The van der Waals surface area contributed by atoms with Crippen LogP contribution in [0.1, 0.15) is 28.8 Å². The molecule has 1 N–H and O–H groups in total. The molecule has 3 rings (SSSR count). The standard InChI is InChI=1S/C21H23FN2O3/c1-27-19-10-4-15(5-11-19)13-23-20(25)17-3-2-12-24(14-17)21(26)16-6-8-18(22)9-7-16/h4-11,17H,2-3,12-14H2,1H3,(H,23,25). The zero-order chi connectivity index (χ0) is 19.2. The fraction of sp³-hybridized carbons (Fsp3) is 0.333. The molecule has 5 nitrogen and oxygen atoms in total. The number of halogens is 1. The topological polar surface area (TPSA) is 58.6 Å². The molecule has 0 aliphatic carbocycles. The van der Waals surface area contributed by atoms with Gasteiger partial charge in [-0.25, -0.2) is 4.39 Å². The van der Waals surface area contributed by atoms with Gasteiger partial charge >= 0.3 is 0 Å². The molecule has 2 amide bonds. The Balaban J connectivity index is 1.55. The number of ether oxygens (including phenoxy) is 1. The third-order valence-electron chi connectivity index (χ3n) is 4.80. The fourth-order valence-corrected chi connectivity index (χ4v) is 3.23. The maximum absolute atomic E-state index is 13.0. The van der Waals surface area contributed by atoms with Gasteiger partial charge in [-0.1, -0.05) is 12.1 Å². The summed E-state index contributed by atoms with van der Waals surface area (Å²) in [7, 11) is 1.61. The third-order valence-corrected chi connectivity index (χ3v) is 4.80. The van der Waals surface area contributed by atoms with E-state index in [4.69, 9.17) is 4.74 Å². The number of nitrogens with zero attached hydrogens (tertiary/aromatic N) is 1. The molecule has 2 aromatic rings. The van der Waals surface area contributed by atoms with Gasteiger partial charge in [-0.2, -0.15) is 0 Å². The van der Waals surface area contributed by atoms with Gasteiger partial charge in [-0.05, 0) is 54.8 Å². The Labute approximate surface area is 158 Å². The van der Waals surface area contributed by atoms with Gasteiger partial charge in [0, 0.05) is 25.2 Å². The number of amides is 2. The van der Waals surface area contributed by atoms with E-state index >= 15 is 0 Å². The van der Waals surface area contributed by atoms with Crippen molar-refractivity contribution in [1.29, 1.82) is 0 Å². The van der Waals surface area contributed by atoms with Crippen LogP contribution in [0.3, 0.4) is 0 Å². The van der Waals surface area contributed by atoms with Gasteiger partial charge in [0.25, 0.3) is 5.91 Å². The zero-order valence-corrected chi connectivity index (χ0v) is 15.3. The second-order valence-corrected chi connectivity index (χ2v) is 6.66.